The molecule has 0 rings (SSSR count). The Labute approximate surface area is 143 Å². The Morgan fingerprint density at radius 1 is 0.571 bits per heavy atom. The molecule has 0 aliphatic rings. The van der Waals surface area contributed by atoms with Crippen molar-refractivity contribution < 1.29 is 87.1 Å². The van der Waals surface area contributed by atoms with Crippen LogP contribution in [-0.2, 0) is 28.0 Å². The first-order chi connectivity index (χ1) is 0. The molecular formula is H2MnNa4O2. The normalized spacial score (nSPS) is 0. The van der Waals surface area contributed by atoms with Crippen molar-refractivity contribution in [2.45, 2.75) is 0 Å². The Kier molecular flexibility index (Phi) is 426. The molecular weight excluding hydrogens is 179 g/mol. The van der Waals surface area contributed by atoms with Gasteiger partial charge in [-0.2, -0.15) is 0 Å². The zero-order chi connectivity index (χ0) is 0. The van der Waals surface area contributed by atoms with Crippen LogP contribution in [0.25, 0.3) is 0 Å². The molecule has 0 spiro atoms. The third-order valence-electron chi connectivity index (χ3n) is 0. The molecule has 0 amide bonds. The summed E-state index contributed by atoms with van der Waals surface area (Å²) < 4.78 is 0. The van der Waals surface area contributed by atoms with Crippen molar-refractivity contribution in [2.75, 3.05) is 0 Å². The topological polar surface area (TPSA) is 57.0 Å². The maximum absolute atomic E-state index is 0. The van der Waals surface area contributed by atoms with Crippen LogP contribution < -0.4 is 59.1 Å². The molecule has 0 aliphatic heterocycles. The number of hydrogen-bond acceptors (Lipinski definition) is 0. The van der Waals surface area contributed by atoms with Gasteiger partial charge in [-0.05, 0) is 0 Å². The van der Waals surface area contributed by atoms with Crippen LogP contribution in [0.3, 0.4) is 0 Å². The Bertz CT molecular complexity index is 9.65. The zero-order valence-electron chi connectivity index (χ0n) is 3.19. The fourth-order valence-electron chi connectivity index (χ4n) is 0. The van der Waals surface area contributed by atoms with E-state index in [0.717, 1.165) is 0 Å². The van der Waals surface area contributed by atoms with Gasteiger partial charge in [-0.15, -0.1) is 0 Å². The van der Waals surface area contributed by atoms with Gasteiger partial charge in [0.1, 0.15) is 0 Å². The van der Waals surface area contributed by atoms with Crippen molar-refractivity contribution in [3.63, 3.8) is 0 Å². The fourth-order valence-corrected chi connectivity index (χ4v) is 0. The van der Waals surface area contributed by atoms with E-state index in [9.17, 15) is 0 Å². The summed E-state index contributed by atoms with van der Waals surface area (Å²) in [7, 11) is 0. The molecule has 0 atom stereocenters. The van der Waals surface area contributed by atoms with Gasteiger partial charge in [-0.1, -0.05) is 0 Å². The van der Waals surface area contributed by atoms with Gasteiger partial charge in [0.05, 0.1) is 0 Å². The Balaban J connectivity index is 0. The van der Waals surface area contributed by atoms with E-state index in [1.165, 1.54) is 0 Å². The summed E-state index contributed by atoms with van der Waals surface area (Å²) in [4.78, 5) is 0. The first kappa shape index (κ1) is 63.3. The molecule has 1 radical (unpaired) electrons. The molecule has 2 nitrogen and oxygen atoms in total. The van der Waals surface area contributed by atoms with Gasteiger partial charge in [-0.3, -0.25) is 0 Å². The summed E-state index contributed by atoms with van der Waals surface area (Å²) in [6.07, 6.45) is 0. The predicted molar refractivity (Wildman–Crippen MR) is 15.7 cm³/mol. The molecule has 0 aliphatic carbocycles. The van der Waals surface area contributed by atoms with Gasteiger partial charge in [0.15, 0.2) is 0 Å². The van der Waals surface area contributed by atoms with Crippen LogP contribution in [0.1, 0.15) is 0 Å². The van der Waals surface area contributed by atoms with Crippen LogP contribution in [0.5, 0.6) is 0 Å². The molecule has 0 aromatic rings. The molecule has 0 bridgehead atoms. The number of rotatable bonds is 0. The van der Waals surface area contributed by atoms with E-state index in [2.05, 4.69) is 0 Å². The minimum atomic E-state index is 0. The summed E-state index contributed by atoms with van der Waals surface area (Å²) in [5, 5.41) is 0. The molecule has 0 unspecified atom stereocenters. The van der Waals surface area contributed by atoms with Crippen LogP contribution in [-0.4, -0.2) is 59.1 Å². The summed E-state index contributed by atoms with van der Waals surface area (Å²) in [6, 6.07) is 0. The van der Waals surface area contributed by atoms with Crippen molar-refractivity contribution in [3.8, 4) is 0 Å². The standard InChI is InChI=1S/Mn.4Na.2O.2H/q+2;;;2*+1;2*-2;;. The van der Waals surface area contributed by atoms with Crippen LogP contribution in [0.15, 0.2) is 0 Å². The van der Waals surface area contributed by atoms with Crippen molar-refractivity contribution in [2.24, 2.45) is 0 Å². The van der Waals surface area contributed by atoms with Gasteiger partial charge >= 0.3 is 135 Å². The van der Waals surface area contributed by atoms with Gasteiger partial charge in [0.25, 0.3) is 0 Å². The molecule has 0 saturated carbocycles. The third kappa shape index (κ3) is 37.7. The molecule has 7 heavy (non-hydrogen) atoms. The second-order valence-electron chi connectivity index (χ2n) is 0. The average molecular weight is 181 g/mol. The minimum absolute atomic E-state index is 0. The van der Waals surface area contributed by atoms with Crippen LogP contribution in [0.2, 0.25) is 0 Å². The SMILES string of the molecule is [Mn+2].[Na+].[Na+].[NaH].[NaH].[O-2].[O-2]. The van der Waals surface area contributed by atoms with E-state index in [4.69, 9.17) is 0 Å². The van der Waals surface area contributed by atoms with Gasteiger partial charge in [0, 0.05) is 0 Å². The quantitative estimate of drug-likeness (QED) is 0.333. The molecule has 0 N–H and O–H groups in total. The van der Waals surface area contributed by atoms with E-state index < -0.39 is 0 Å². The van der Waals surface area contributed by atoms with E-state index in [0.29, 0.717) is 0 Å². The Morgan fingerprint density at radius 2 is 0.571 bits per heavy atom. The van der Waals surface area contributed by atoms with Crippen molar-refractivity contribution >= 4 is 59.1 Å². The van der Waals surface area contributed by atoms with Crippen molar-refractivity contribution in [1.82, 2.24) is 0 Å². The van der Waals surface area contributed by atoms with Gasteiger partial charge < -0.3 is 11.0 Å². The summed E-state index contributed by atoms with van der Waals surface area (Å²) in [6.45, 7) is 0. The average Bonchev–Trinajstić information content (AvgIpc) is 0. The summed E-state index contributed by atoms with van der Waals surface area (Å²) in [5.41, 5.74) is 0. The van der Waals surface area contributed by atoms with Crippen LogP contribution in [0, 0.1) is 0 Å². The summed E-state index contributed by atoms with van der Waals surface area (Å²) in [5.74, 6) is 0. The van der Waals surface area contributed by atoms with Crippen molar-refractivity contribution in [3.05, 3.63) is 0 Å². The maximum atomic E-state index is 0. The molecule has 0 aromatic carbocycles. The second-order valence-corrected chi connectivity index (χ2v) is 0. The Morgan fingerprint density at radius 3 is 0.571 bits per heavy atom. The molecule has 0 heterocycles. The fraction of sp³-hybridized carbons (Fsp3) is 0. The Hall–Kier alpha value is 4.44. The van der Waals surface area contributed by atoms with Gasteiger partial charge in [0.2, 0.25) is 0 Å². The zero-order valence-corrected chi connectivity index (χ0v) is 8.37. The van der Waals surface area contributed by atoms with E-state index in [1.54, 1.807) is 0 Å². The number of hydrogen-bond donors (Lipinski definition) is 0. The minimum Gasteiger partial charge on any atom is -2.00 e. The van der Waals surface area contributed by atoms with E-state index >= 15 is 0 Å². The smallest absolute Gasteiger partial charge is 2.00 e. The third-order valence-corrected chi connectivity index (χ3v) is 0. The van der Waals surface area contributed by atoms with E-state index in [1.807, 2.05) is 0 Å². The second kappa shape index (κ2) is 47.2. The summed E-state index contributed by atoms with van der Waals surface area (Å²) >= 11 is 0. The molecule has 0 saturated heterocycles. The largest absolute Gasteiger partial charge is 2.00 e. The van der Waals surface area contributed by atoms with Crippen molar-refractivity contribution in [1.29, 1.82) is 0 Å². The van der Waals surface area contributed by atoms with Crippen LogP contribution in [0.4, 0.5) is 0 Å². The van der Waals surface area contributed by atoms with Crippen LogP contribution >= 0.6 is 0 Å². The first-order valence-electron chi connectivity index (χ1n) is 0. The molecule has 0 fully saturated rings. The monoisotopic (exact) mass is 181 g/mol. The van der Waals surface area contributed by atoms with Gasteiger partial charge in [-0.25, -0.2) is 0 Å². The molecule has 7 heteroatoms. The van der Waals surface area contributed by atoms with E-state index in [-0.39, 0.29) is 146 Å². The maximum Gasteiger partial charge on any atom is -2.00 e. The first-order valence-corrected chi connectivity index (χ1v) is 0. The molecule has 25 valence electrons. The molecule has 0 aromatic heterocycles. The predicted octanol–water partition coefficient (Wildman–Crippen LogP) is -7.53.